The molecule has 11 nitrogen and oxygen atoms in total. The lowest BCUT2D eigenvalue weighted by Gasteiger charge is -2.20. The molecule has 0 fully saturated rings. The second kappa shape index (κ2) is 10.3. The fourth-order valence-corrected chi connectivity index (χ4v) is 4.39. The molecular weight excluding hydrogens is 496 g/mol. The molecule has 0 aliphatic carbocycles. The van der Waals surface area contributed by atoms with Crippen molar-refractivity contribution < 1.29 is 14.4 Å². The number of aliphatic hydroxyl groups is 1. The predicted octanol–water partition coefficient (Wildman–Crippen LogP) is 4.28. The number of fused-ring (bicyclic) bond motifs is 1. The smallest absolute Gasteiger partial charge is 0.261 e. The number of anilines is 3. The number of aliphatic hydroxyl groups excluding tert-OH is 1. The second-order valence-corrected chi connectivity index (χ2v) is 8.99. The van der Waals surface area contributed by atoms with Crippen molar-refractivity contribution in [1.82, 2.24) is 30.4 Å². The van der Waals surface area contributed by atoms with Gasteiger partial charge in [-0.2, -0.15) is 4.98 Å². The van der Waals surface area contributed by atoms with Crippen LogP contribution in [-0.2, 0) is 0 Å². The Labute approximate surface area is 223 Å². The van der Waals surface area contributed by atoms with Gasteiger partial charge in [0.15, 0.2) is 0 Å². The molecule has 5 heterocycles. The SMILES string of the molecule is CC1NC(=O)c2ccc(Nc3cc(N[C@H](CO)c4ccccc4)c(-c4nc(-c5ccccn5)no4)cn3)nc21. The topological polar surface area (TPSA) is 151 Å². The monoisotopic (exact) mass is 520 g/mol. The Morgan fingerprint density at radius 1 is 1.00 bits per heavy atom. The number of hydrogen-bond donors (Lipinski definition) is 4. The van der Waals surface area contributed by atoms with Crippen LogP contribution < -0.4 is 16.0 Å². The molecule has 1 amide bonds. The maximum Gasteiger partial charge on any atom is 0.261 e. The van der Waals surface area contributed by atoms with Gasteiger partial charge in [-0.1, -0.05) is 41.6 Å². The molecule has 0 radical (unpaired) electrons. The van der Waals surface area contributed by atoms with Crippen molar-refractivity contribution in [3.63, 3.8) is 0 Å². The Balaban J connectivity index is 1.36. The number of pyridine rings is 3. The second-order valence-electron chi connectivity index (χ2n) is 8.99. The molecule has 2 atom stereocenters. The zero-order valence-electron chi connectivity index (χ0n) is 20.9. The Bertz CT molecular complexity index is 1620. The first kappa shape index (κ1) is 24.2. The van der Waals surface area contributed by atoms with E-state index in [9.17, 15) is 9.90 Å². The zero-order chi connectivity index (χ0) is 26.8. The molecule has 4 N–H and O–H groups in total. The molecule has 1 aliphatic heterocycles. The van der Waals surface area contributed by atoms with Gasteiger partial charge in [-0.05, 0) is 36.8 Å². The molecule has 39 heavy (non-hydrogen) atoms. The summed E-state index contributed by atoms with van der Waals surface area (Å²) >= 11 is 0. The van der Waals surface area contributed by atoms with Crippen LogP contribution in [-0.4, -0.2) is 42.7 Å². The summed E-state index contributed by atoms with van der Waals surface area (Å²) in [6.07, 6.45) is 3.27. The van der Waals surface area contributed by atoms with Crippen LogP contribution in [0.5, 0.6) is 0 Å². The maximum atomic E-state index is 12.1. The summed E-state index contributed by atoms with van der Waals surface area (Å²) in [6, 6.07) is 19.7. The molecule has 0 saturated carbocycles. The van der Waals surface area contributed by atoms with Gasteiger partial charge >= 0.3 is 0 Å². The number of benzene rings is 1. The van der Waals surface area contributed by atoms with E-state index in [1.54, 1.807) is 36.7 Å². The Kier molecular flexibility index (Phi) is 6.39. The van der Waals surface area contributed by atoms with Crippen molar-refractivity contribution in [1.29, 1.82) is 0 Å². The van der Waals surface area contributed by atoms with Crippen molar-refractivity contribution in [3.8, 4) is 23.0 Å². The first-order valence-corrected chi connectivity index (χ1v) is 12.4. The summed E-state index contributed by atoms with van der Waals surface area (Å²) in [5.74, 6) is 1.50. The molecule has 4 aromatic heterocycles. The fourth-order valence-electron chi connectivity index (χ4n) is 4.39. The van der Waals surface area contributed by atoms with Crippen LogP contribution in [0.2, 0.25) is 0 Å². The molecule has 11 heteroatoms. The Morgan fingerprint density at radius 3 is 2.64 bits per heavy atom. The molecule has 1 aromatic carbocycles. The van der Waals surface area contributed by atoms with Gasteiger partial charge in [-0.15, -0.1) is 0 Å². The van der Waals surface area contributed by atoms with Crippen LogP contribution in [0.15, 0.2) is 83.6 Å². The van der Waals surface area contributed by atoms with E-state index >= 15 is 0 Å². The molecular formula is C28H24N8O3. The number of carbonyl (C=O) groups excluding carboxylic acids is 1. The van der Waals surface area contributed by atoms with Crippen molar-refractivity contribution in [2.24, 2.45) is 0 Å². The molecule has 1 unspecified atom stereocenters. The van der Waals surface area contributed by atoms with Crippen molar-refractivity contribution >= 4 is 23.2 Å². The summed E-state index contributed by atoms with van der Waals surface area (Å²) in [4.78, 5) is 30.0. The van der Waals surface area contributed by atoms with Crippen LogP contribution in [0.25, 0.3) is 23.0 Å². The number of rotatable bonds is 8. The van der Waals surface area contributed by atoms with Crippen LogP contribution in [0.1, 0.15) is 40.6 Å². The molecule has 0 bridgehead atoms. The number of carbonyl (C=O) groups is 1. The normalized spacial score (nSPS) is 14.9. The summed E-state index contributed by atoms with van der Waals surface area (Å²) in [5.41, 5.74) is 3.89. The third kappa shape index (κ3) is 4.90. The fraction of sp³-hybridized carbons (Fsp3) is 0.143. The predicted molar refractivity (Wildman–Crippen MR) is 144 cm³/mol. The highest BCUT2D eigenvalue weighted by atomic mass is 16.5. The highest BCUT2D eigenvalue weighted by molar-refractivity contribution is 5.98. The van der Waals surface area contributed by atoms with Gasteiger partial charge < -0.3 is 25.6 Å². The standard InChI is InChI=1S/C28H24N8O3/c1-16-25-18(27(38)31-16)10-11-23(34-25)33-24-13-21(32-22(15-37)17-7-3-2-4-8-17)19(14-30-24)28-35-26(36-39-28)20-9-5-6-12-29-20/h2-14,16,22,37H,15H2,1H3,(H,31,38)(H2,30,32,33,34)/t16?,22-/m1/s1. The van der Waals surface area contributed by atoms with E-state index in [-0.39, 0.29) is 24.4 Å². The van der Waals surface area contributed by atoms with Gasteiger partial charge in [0.1, 0.15) is 17.3 Å². The highest BCUT2D eigenvalue weighted by Crippen LogP contribution is 2.33. The minimum atomic E-state index is -0.408. The maximum absolute atomic E-state index is 12.1. The van der Waals surface area contributed by atoms with E-state index in [2.05, 4.69) is 41.0 Å². The third-order valence-electron chi connectivity index (χ3n) is 6.35. The lowest BCUT2D eigenvalue weighted by molar-refractivity contribution is 0.0958. The first-order chi connectivity index (χ1) is 19.1. The van der Waals surface area contributed by atoms with Gasteiger partial charge in [0.25, 0.3) is 11.8 Å². The van der Waals surface area contributed by atoms with Crippen molar-refractivity contribution in [2.45, 2.75) is 19.0 Å². The van der Waals surface area contributed by atoms with Crippen LogP contribution in [0, 0.1) is 0 Å². The van der Waals surface area contributed by atoms with Gasteiger partial charge in [0.2, 0.25) is 5.82 Å². The molecule has 6 rings (SSSR count). The van der Waals surface area contributed by atoms with Crippen molar-refractivity contribution in [3.05, 3.63) is 95.9 Å². The quantitative estimate of drug-likeness (QED) is 0.233. The van der Waals surface area contributed by atoms with E-state index in [0.717, 1.165) is 5.56 Å². The number of nitrogens with zero attached hydrogens (tertiary/aromatic N) is 5. The largest absolute Gasteiger partial charge is 0.394 e. The van der Waals surface area contributed by atoms with E-state index in [4.69, 9.17) is 4.52 Å². The number of aromatic nitrogens is 5. The molecule has 0 saturated heterocycles. The lowest BCUT2D eigenvalue weighted by Crippen LogP contribution is -2.16. The molecule has 0 spiro atoms. The summed E-state index contributed by atoms with van der Waals surface area (Å²) in [5, 5.41) is 23.7. The van der Waals surface area contributed by atoms with E-state index in [1.807, 2.05) is 49.4 Å². The van der Waals surface area contributed by atoms with Gasteiger partial charge in [0.05, 0.1) is 41.2 Å². The summed E-state index contributed by atoms with van der Waals surface area (Å²) in [7, 11) is 0. The van der Waals surface area contributed by atoms with E-state index < -0.39 is 6.04 Å². The average molecular weight is 521 g/mol. The van der Waals surface area contributed by atoms with Gasteiger partial charge in [0, 0.05) is 18.5 Å². The number of hydrogen-bond acceptors (Lipinski definition) is 10. The van der Waals surface area contributed by atoms with E-state index in [0.29, 0.717) is 45.7 Å². The molecule has 1 aliphatic rings. The lowest BCUT2D eigenvalue weighted by atomic mass is 10.1. The van der Waals surface area contributed by atoms with Crippen LogP contribution in [0.4, 0.5) is 17.3 Å². The Hall–Kier alpha value is -5.16. The van der Waals surface area contributed by atoms with Gasteiger partial charge in [-0.25, -0.2) is 9.97 Å². The number of nitrogens with one attached hydrogen (secondary N) is 3. The minimum absolute atomic E-state index is 0.133. The minimum Gasteiger partial charge on any atom is -0.394 e. The first-order valence-electron chi connectivity index (χ1n) is 12.4. The summed E-state index contributed by atoms with van der Waals surface area (Å²) in [6.45, 7) is 1.74. The average Bonchev–Trinajstić information content (AvgIpc) is 3.57. The zero-order valence-corrected chi connectivity index (χ0v) is 20.9. The number of amides is 1. The van der Waals surface area contributed by atoms with Crippen LogP contribution >= 0.6 is 0 Å². The third-order valence-corrected chi connectivity index (χ3v) is 6.35. The van der Waals surface area contributed by atoms with E-state index in [1.165, 1.54) is 0 Å². The summed E-state index contributed by atoms with van der Waals surface area (Å²) < 4.78 is 5.58. The highest BCUT2D eigenvalue weighted by Gasteiger charge is 2.27. The Morgan fingerprint density at radius 2 is 1.85 bits per heavy atom. The van der Waals surface area contributed by atoms with Crippen LogP contribution in [0.3, 0.4) is 0 Å². The molecule has 194 valence electrons. The molecule has 5 aromatic rings. The van der Waals surface area contributed by atoms with Gasteiger partial charge in [-0.3, -0.25) is 9.78 Å². The van der Waals surface area contributed by atoms with Crippen molar-refractivity contribution in [2.75, 3.05) is 17.2 Å².